The molecule has 0 fully saturated rings. The fourth-order valence-electron chi connectivity index (χ4n) is 0.830. The highest BCUT2D eigenvalue weighted by atomic mass is 16.1. The minimum Gasteiger partial charge on any atom is -0.346 e. The third-order valence-corrected chi connectivity index (χ3v) is 1.19. The summed E-state index contributed by atoms with van der Waals surface area (Å²) in [4.78, 5) is 17.5. The van der Waals surface area contributed by atoms with Crippen LogP contribution in [0.5, 0.6) is 0 Å². The number of aromatic nitrogens is 2. The van der Waals surface area contributed by atoms with Crippen molar-refractivity contribution in [2.45, 2.75) is 20.3 Å². The summed E-state index contributed by atoms with van der Waals surface area (Å²) >= 11 is 0. The van der Waals surface area contributed by atoms with Crippen LogP contribution in [0.3, 0.4) is 0 Å². The molecule has 0 saturated heterocycles. The Labute approximate surface area is 59.5 Å². The molecule has 1 aromatic rings. The van der Waals surface area contributed by atoms with Crippen molar-refractivity contribution in [2.75, 3.05) is 0 Å². The zero-order valence-corrected chi connectivity index (χ0v) is 6.14. The van der Waals surface area contributed by atoms with Gasteiger partial charge in [-0.05, 0) is 13.8 Å². The summed E-state index contributed by atoms with van der Waals surface area (Å²) in [5.74, 6) is 1.01. The van der Waals surface area contributed by atoms with E-state index in [0.29, 0.717) is 6.42 Å². The van der Waals surface area contributed by atoms with E-state index in [2.05, 4.69) is 9.97 Å². The van der Waals surface area contributed by atoms with Crippen molar-refractivity contribution in [1.29, 1.82) is 0 Å². The van der Waals surface area contributed by atoms with E-state index in [1.807, 2.05) is 6.92 Å². The number of hydrogen-bond donors (Lipinski definition) is 1. The van der Waals surface area contributed by atoms with Crippen molar-refractivity contribution in [3.05, 3.63) is 17.7 Å². The molecule has 0 bridgehead atoms. The van der Waals surface area contributed by atoms with Crippen LogP contribution in [0.15, 0.2) is 6.20 Å². The van der Waals surface area contributed by atoms with Crippen LogP contribution in [0.4, 0.5) is 0 Å². The van der Waals surface area contributed by atoms with E-state index < -0.39 is 0 Å². The van der Waals surface area contributed by atoms with Gasteiger partial charge in [0.25, 0.3) is 0 Å². The van der Waals surface area contributed by atoms with E-state index in [-0.39, 0.29) is 5.78 Å². The van der Waals surface area contributed by atoms with Gasteiger partial charge in [-0.15, -0.1) is 0 Å². The second-order valence-electron chi connectivity index (χ2n) is 2.37. The monoisotopic (exact) mass is 138 g/mol. The minimum absolute atomic E-state index is 0.156. The molecule has 0 aliphatic rings. The molecule has 0 aliphatic carbocycles. The fraction of sp³-hybridized carbons (Fsp3) is 0.429. The number of aromatic amines is 1. The molecule has 3 heteroatoms. The van der Waals surface area contributed by atoms with E-state index in [1.165, 1.54) is 0 Å². The highest BCUT2D eigenvalue weighted by molar-refractivity contribution is 5.77. The standard InChI is InChI=1S/C7H10N2O/c1-5(10)3-7-4-8-6(2)9-7/h4H,3H2,1-2H3,(H,8,9). The zero-order valence-electron chi connectivity index (χ0n) is 6.14. The number of hydrogen-bond acceptors (Lipinski definition) is 2. The van der Waals surface area contributed by atoms with Crippen LogP contribution < -0.4 is 0 Å². The summed E-state index contributed by atoms with van der Waals surface area (Å²) in [7, 11) is 0. The molecule has 0 unspecified atom stereocenters. The van der Waals surface area contributed by atoms with Crippen LogP contribution >= 0.6 is 0 Å². The lowest BCUT2D eigenvalue weighted by molar-refractivity contribution is -0.116. The molecule has 1 rings (SSSR count). The highest BCUT2D eigenvalue weighted by Gasteiger charge is 1.98. The van der Waals surface area contributed by atoms with Crippen LogP contribution in [-0.4, -0.2) is 15.8 Å². The van der Waals surface area contributed by atoms with Gasteiger partial charge in [0.1, 0.15) is 11.6 Å². The second kappa shape index (κ2) is 2.64. The van der Waals surface area contributed by atoms with Gasteiger partial charge in [-0.1, -0.05) is 0 Å². The summed E-state index contributed by atoms with van der Waals surface area (Å²) in [6.07, 6.45) is 2.15. The molecule has 0 aromatic carbocycles. The summed E-state index contributed by atoms with van der Waals surface area (Å²) in [6, 6.07) is 0. The number of H-pyrrole nitrogens is 1. The van der Waals surface area contributed by atoms with Crippen LogP contribution in [0.2, 0.25) is 0 Å². The Hall–Kier alpha value is -1.12. The maximum absolute atomic E-state index is 10.6. The Bertz CT molecular complexity index is 240. The first-order chi connectivity index (χ1) is 4.68. The topological polar surface area (TPSA) is 45.8 Å². The number of nitrogens with one attached hydrogen (secondary N) is 1. The molecular weight excluding hydrogens is 128 g/mol. The Kier molecular flexibility index (Phi) is 1.85. The average Bonchev–Trinajstić information content (AvgIpc) is 2.13. The van der Waals surface area contributed by atoms with Crippen molar-refractivity contribution in [1.82, 2.24) is 9.97 Å². The SMILES string of the molecule is CC(=O)Cc1cnc(C)[nH]1. The number of carbonyl (C=O) groups excluding carboxylic acids is 1. The van der Waals surface area contributed by atoms with Crippen LogP contribution in [-0.2, 0) is 11.2 Å². The molecule has 1 heterocycles. The molecule has 0 saturated carbocycles. The molecular formula is C7H10N2O. The predicted molar refractivity (Wildman–Crippen MR) is 37.7 cm³/mol. The predicted octanol–water partition coefficient (Wildman–Crippen LogP) is 0.850. The van der Waals surface area contributed by atoms with Gasteiger partial charge in [-0.3, -0.25) is 4.79 Å². The van der Waals surface area contributed by atoms with Crippen molar-refractivity contribution in [2.24, 2.45) is 0 Å². The van der Waals surface area contributed by atoms with E-state index in [4.69, 9.17) is 0 Å². The first-order valence-corrected chi connectivity index (χ1v) is 3.18. The van der Waals surface area contributed by atoms with Crippen molar-refractivity contribution >= 4 is 5.78 Å². The van der Waals surface area contributed by atoms with Gasteiger partial charge in [-0.25, -0.2) is 4.98 Å². The molecule has 1 N–H and O–H groups in total. The fourth-order valence-corrected chi connectivity index (χ4v) is 0.830. The second-order valence-corrected chi connectivity index (χ2v) is 2.37. The lowest BCUT2D eigenvalue weighted by Crippen LogP contribution is -1.95. The molecule has 3 nitrogen and oxygen atoms in total. The first-order valence-electron chi connectivity index (χ1n) is 3.18. The molecule has 54 valence electrons. The van der Waals surface area contributed by atoms with Crippen LogP contribution in [0.1, 0.15) is 18.4 Å². The van der Waals surface area contributed by atoms with Crippen molar-refractivity contribution in [3.8, 4) is 0 Å². The van der Waals surface area contributed by atoms with Crippen LogP contribution in [0.25, 0.3) is 0 Å². The largest absolute Gasteiger partial charge is 0.346 e. The van der Waals surface area contributed by atoms with E-state index in [1.54, 1.807) is 13.1 Å². The van der Waals surface area contributed by atoms with Crippen LogP contribution in [0, 0.1) is 6.92 Å². The quantitative estimate of drug-likeness (QED) is 0.658. The zero-order chi connectivity index (χ0) is 7.56. The first kappa shape index (κ1) is 6.99. The third kappa shape index (κ3) is 1.69. The van der Waals surface area contributed by atoms with Gasteiger partial charge >= 0.3 is 0 Å². The lowest BCUT2D eigenvalue weighted by Gasteiger charge is -1.87. The number of nitrogens with zero attached hydrogens (tertiary/aromatic N) is 1. The van der Waals surface area contributed by atoms with Crippen molar-refractivity contribution < 1.29 is 4.79 Å². The van der Waals surface area contributed by atoms with Gasteiger partial charge in [0.05, 0.1) is 0 Å². The molecule has 0 spiro atoms. The maximum Gasteiger partial charge on any atom is 0.135 e. The van der Waals surface area contributed by atoms with Gasteiger partial charge < -0.3 is 4.98 Å². The molecule has 0 amide bonds. The molecule has 0 aliphatic heterocycles. The smallest absolute Gasteiger partial charge is 0.135 e. The number of Topliss-reactive ketones (excluding diaryl/α,β-unsaturated/α-hetero) is 1. The Morgan fingerprint density at radius 3 is 2.90 bits per heavy atom. The van der Waals surface area contributed by atoms with Gasteiger partial charge in [0, 0.05) is 18.3 Å². The third-order valence-electron chi connectivity index (χ3n) is 1.19. The Morgan fingerprint density at radius 2 is 2.50 bits per heavy atom. The average molecular weight is 138 g/mol. The van der Waals surface area contributed by atoms with E-state index in [9.17, 15) is 4.79 Å². The molecule has 0 radical (unpaired) electrons. The van der Waals surface area contributed by atoms with E-state index >= 15 is 0 Å². The lowest BCUT2D eigenvalue weighted by atomic mass is 10.2. The number of imidazole rings is 1. The number of rotatable bonds is 2. The molecule has 1 aromatic heterocycles. The number of ketones is 1. The van der Waals surface area contributed by atoms with Gasteiger partial charge in [0.2, 0.25) is 0 Å². The summed E-state index contributed by atoms with van der Waals surface area (Å²) in [5.41, 5.74) is 0.894. The normalized spacial score (nSPS) is 9.80. The number of aryl methyl sites for hydroxylation is 1. The highest BCUT2D eigenvalue weighted by Crippen LogP contribution is 1.96. The van der Waals surface area contributed by atoms with Crippen molar-refractivity contribution in [3.63, 3.8) is 0 Å². The minimum atomic E-state index is 0.156. The molecule has 10 heavy (non-hydrogen) atoms. The van der Waals surface area contributed by atoms with E-state index in [0.717, 1.165) is 11.5 Å². The molecule has 0 atom stereocenters. The number of carbonyl (C=O) groups is 1. The Morgan fingerprint density at radius 1 is 1.80 bits per heavy atom. The van der Waals surface area contributed by atoms with Gasteiger partial charge in [0.15, 0.2) is 0 Å². The summed E-state index contributed by atoms with van der Waals surface area (Å²) in [5, 5.41) is 0. The Balaban J connectivity index is 2.67. The summed E-state index contributed by atoms with van der Waals surface area (Å²) in [6.45, 7) is 3.43. The van der Waals surface area contributed by atoms with Gasteiger partial charge in [-0.2, -0.15) is 0 Å². The maximum atomic E-state index is 10.6. The summed E-state index contributed by atoms with van der Waals surface area (Å²) < 4.78 is 0.